The zero-order valence-corrected chi connectivity index (χ0v) is 23.3. The van der Waals surface area contributed by atoms with Crippen molar-refractivity contribution in [3.05, 3.63) is 75.7 Å². The highest BCUT2D eigenvalue weighted by Crippen LogP contribution is 2.37. The monoisotopic (exact) mass is 590 g/mol. The van der Waals surface area contributed by atoms with Crippen LogP contribution in [-0.4, -0.2) is 45.1 Å². The second-order valence-corrected chi connectivity index (χ2v) is 11.6. The summed E-state index contributed by atoms with van der Waals surface area (Å²) in [6, 6.07) is 13.0. The van der Waals surface area contributed by atoms with Crippen LogP contribution in [0.2, 0.25) is 0 Å². The Hall–Kier alpha value is -2.96. The number of hydrogen-bond donors (Lipinski definition) is 2. The van der Waals surface area contributed by atoms with E-state index in [-0.39, 0.29) is 30.2 Å². The van der Waals surface area contributed by atoms with E-state index >= 15 is 0 Å². The van der Waals surface area contributed by atoms with Gasteiger partial charge in [-0.25, -0.2) is 4.98 Å². The van der Waals surface area contributed by atoms with Gasteiger partial charge in [0.25, 0.3) is 5.56 Å². The first kappa shape index (κ1) is 28.6. The summed E-state index contributed by atoms with van der Waals surface area (Å²) in [7, 11) is 0. The molecule has 0 atom stereocenters. The van der Waals surface area contributed by atoms with Gasteiger partial charge in [0.05, 0.1) is 23.5 Å². The molecule has 1 saturated carbocycles. The first-order valence-corrected chi connectivity index (χ1v) is 14.4. The third-order valence-corrected chi connectivity index (χ3v) is 8.67. The highest BCUT2D eigenvalue weighted by molar-refractivity contribution is 7.99. The molecule has 0 spiro atoms. The number of rotatable bonds is 9. The minimum atomic E-state index is -4.73. The molecule has 212 valence electrons. The summed E-state index contributed by atoms with van der Waals surface area (Å²) >= 11 is 6.23. The van der Waals surface area contributed by atoms with Gasteiger partial charge >= 0.3 is 6.36 Å². The topological polar surface area (TPSA) is 76.5 Å². The van der Waals surface area contributed by atoms with Crippen LogP contribution < -0.4 is 15.6 Å². The predicted octanol–water partition coefficient (Wildman–Crippen LogP) is 5.13. The van der Waals surface area contributed by atoms with Crippen molar-refractivity contribution >= 4 is 30.3 Å². The number of fused-ring (bicyclic) bond motifs is 1. The number of hydrogen-bond acceptors (Lipinski definition) is 7. The summed E-state index contributed by atoms with van der Waals surface area (Å²) in [5.74, 6) is -0.363. The molecule has 1 aromatic heterocycles. The van der Waals surface area contributed by atoms with Gasteiger partial charge in [-0.3, -0.25) is 14.2 Å². The lowest BCUT2D eigenvalue weighted by molar-refractivity contribution is -0.274. The van der Waals surface area contributed by atoms with Crippen LogP contribution in [0.25, 0.3) is 5.69 Å². The molecule has 3 aromatic rings. The Labute approximate surface area is 239 Å². The highest BCUT2D eigenvalue weighted by Gasteiger charge is 2.31. The number of para-hydroxylation sites is 1. The predicted molar refractivity (Wildman–Crippen MR) is 149 cm³/mol. The van der Waals surface area contributed by atoms with Crippen molar-refractivity contribution in [3.8, 4) is 11.4 Å². The number of alkyl halides is 3. The Morgan fingerprint density at radius 3 is 2.58 bits per heavy atom. The van der Waals surface area contributed by atoms with Crippen LogP contribution >= 0.6 is 24.4 Å². The van der Waals surface area contributed by atoms with Gasteiger partial charge in [0.15, 0.2) is 5.16 Å². The van der Waals surface area contributed by atoms with Crippen LogP contribution in [0.3, 0.4) is 0 Å². The van der Waals surface area contributed by atoms with Crippen LogP contribution in [0.1, 0.15) is 42.5 Å². The number of nitrogens with one attached hydrogen (secondary N) is 1. The minimum absolute atomic E-state index is 0.0828. The summed E-state index contributed by atoms with van der Waals surface area (Å²) in [4.78, 5) is 34.1. The molecule has 1 N–H and O–H groups in total. The molecule has 1 amide bonds. The van der Waals surface area contributed by atoms with E-state index in [0.717, 1.165) is 24.1 Å². The number of halogens is 3. The van der Waals surface area contributed by atoms with Crippen LogP contribution in [0, 0.1) is 0 Å². The molecular weight excluding hydrogens is 561 g/mol. The molecule has 40 heavy (non-hydrogen) atoms. The molecule has 0 unspecified atom stereocenters. The number of benzene rings is 2. The van der Waals surface area contributed by atoms with Gasteiger partial charge in [-0.15, -0.1) is 25.8 Å². The van der Waals surface area contributed by atoms with Crippen LogP contribution in [0.5, 0.6) is 5.75 Å². The third kappa shape index (κ3) is 6.84. The SMILES string of the molecule is O=C(CCNCc1ccc(OC(F)(F)F)cc1)N1CCc2nc(SC3CCC3)n(-c3ccccc3S)c(=O)c2C1. The second kappa shape index (κ2) is 12.3. The van der Waals surface area contributed by atoms with E-state index in [9.17, 15) is 22.8 Å². The number of thiol groups is 1. The lowest BCUT2D eigenvalue weighted by Gasteiger charge is -2.30. The van der Waals surface area contributed by atoms with E-state index < -0.39 is 6.36 Å². The molecule has 0 saturated heterocycles. The van der Waals surface area contributed by atoms with Crippen LogP contribution in [0.4, 0.5) is 13.2 Å². The van der Waals surface area contributed by atoms with Crippen molar-refractivity contribution in [1.29, 1.82) is 0 Å². The third-order valence-electron chi connectivity index (χ3n) is 7.00. The number of amides is 1. The summed E-state index contributed by atoms with van der Waals surface area (Å²) in [5, 5.41) is 4.27. The van der Waals surface area contributed by atoms with E-state index in [4.69, 9.17) is 4.98 Å². The summed E-state index contributed by atoms with van der Waals surface area (Å²) in [6.45, 7) is 1.46. The van der Waals surface area contributed by atoms with Gasteiger partial charge in [0.2, 0.25) is 5.91 Å². The van der Waals surface area contributed by atoms with E-state index in [2.05, 4.69) is 22.7 Å². The molecule has 1 aliphatic heterocycles. The van der Waals surface area contributed by atoms with Crippen molar-refractivity contribution in [2.45, 2.75) is 66.9 Å². The molecule has 2 aromatic carbocycles. The van der Waals surface area contributed by atoms with Crippen molar-refractivity contribution in [1.82, 2.24) is 19.8 Å². The standard InChI is InChI=1S/C28H29F3N4O3S2/c29-28(30,31)38-19-10-8-18(9-11-19)16-32-14-12-25(36)34-15-13-22-21(17-34)26(37)35(23-6-1-2-7-24(23)39)27(33-22)40-20-4-3-5-20/h1-2,6-11,20,32,39H,3-5,12-17H2. The Balaban J connectivity index is 1.23. The number of ether oxygens (including phenoxy) is 1. The number of carbonyl (C=O) groups excluding carboxylic acids is 1. The smallest absolute Gasteiger partial charge is 0.406 e. The summed E-state index contributed by atoms with van der Waals surface area (Å²) in [6.07, 6.45) is -0.598. The lowest BCUT2D eigenvalue weighted by Crippen LogP contribution is -2.42. The average Bonchev–Trinajstić information content (AvgIpc) is 2.89. The Morgan fingerprint density at radius 1 is 1.15 bits per heavy atom. The minimum Gasteiger partial charge on any atom is -0.406 e. The number of nitrogens with zero attached hydrogens (tertiary/aromatic N) is 3. The molecule has 0 bridgehead atoms. The average molecular weight is 591 g/mol. The Bertz CT molecular complexity index is 1430. The van der Waals surface area contributed by atoms with E-state index in [0.29, 0.717) is 52.6 Å². The lowest BCUT2D eigenvalue weighted by atomic mass is 10.0. The van der Waals surface area contributed by atoms with Crippen LogP contribution in [-0.2, 0) is 24.3 Å². The van der Waals surface area contributed by atoms with Crippen molar-refractivity contribution in [2.75, 3.05) is 13.1 Å². The zero-order chi connectivity index (χ0) is 28.3. The fourth-order valence-electron chi connectivity index (χ4n) is 4.65. The molecule has 0 radical (unpaired) electrons. The van der Waals surface area contributed by atoms with E-state index in [1.54, 1.807) is 21.2 Å². The fraction of sp³-hybridized carbons (Fsp3) is 0.393. The van der Waals surface area contributed by atoms with Gasteiger partial charge in [-0.2, -0.15) is 0 Å². The van der Waals surface area contributed by atoms with Crippen molar-refractivity contribution < 1.29 is 22.7 Å². The quantitative estimate of drug-likeness (QED) is 0.205. The number of aromatic nitrogens is 2. The number of thioether (sulfide) groups is 1. The van der Waals surface area contributed by atoms with Gasteiger partial charge in [-0.1, -0.05) is 42.4 Å². The van der Waals surface area contributed by atoms with Crippen molar-refractivity contribution in [3.63, 3.8) is 0 Å². The zero-order valence-electron chi connectivity index (χ0n) is 21.6. The van der Waals surface area contributed by atoms with E-state index in [1.165, 1.54) is 30.7 Å². The van der Waals surface area contributed by atoms with Gasteiger partial charge in [0.1, 0.15) is 5.75 Å². The van der Waals surface area contributed by atoms with E-state index in [1.807, 2.05) is 24.3 Å². The molecule has 2 heterocycles. The molecule has 5 rings (SSSR count). The largest absolute Gasteiger partial charge is 0.573 e. The molecule has 7 nitrogen and oxygen atoms in total. The molecule has 2 aliphatic rings. The normalized spacial score (nSPS) is 15.4. The summed E-state index contributed by atoms with van der Waals surface area (Å²) < 4.78 is 42.5. The molecule has 1 aliphatic carbocycles. The maximum absolute atomic E-state index is 13.8. The van der Waals surface area contributed by atoms with Gasteiger partial charge < -0.3 is 15.0 Å². The maximum Gasteiger partial charge on any atom is 0.573 e. The maximum atomic E-state index is 13.8. The highest BCUT2D eigenvalue weighted by atomic mass is 32.2. The fourth-order valence-corrected chi connectivity index (χ4v) is 6.22. The summed E-state index contributed by atoms with van der Waals surface area (Å²) in [5.41, 5.74) is 2.56. The van der Waals surface area contributed by atoms with Gasteiger partial charge in [-0.05, 0) is 42.7 Å². The first-order valence-electron chi connectivity index (χ1n) is 13.1. The first-order chi connectivity index (χ1) is 19.2. The molecule has 12 heteroatoms. The van der Waals surface area contributed by atoms with Crippen molar-refractivity contribution in [2.24, 2.45) is 0 Å². The molecular formula is C28H29F3N4O3S2. The number of carbonyl (C=O) groups is 1. The Kier molecular flexibility index (Phi) is 8.77. The van der Waals surface area contributed by atoms with Crippen LogP contribution in [0.15, 0.2) is 63.4 Å². The Morgan fingerprint density at radius 2 is 1.90 bits per heavy atom. The van der Waals surface area contributed by atoms with Gasteiger partial charge in [0, 0.05) is 42.6 Å². The molecule has 1 fully saturated rings. The second-order valence-electron chi connectivity index (χ2n) is 9.80.